The summed E-state index contributed by atoms with van der Waals surface area (Å²) < 4.78 is 5.56. The van der Waals surface area contributed by atoms with Crippen LogP contribution in [-0.4, -0.2) is 74.3 Å². The molecule has 1 aliphatic heterocycles. The van der Waals surface area contributed by atoms with Crippen LogP contribution in [0.4, 0.5) is 0 Å². The predicted octanol–water partition coefficient (Wildman–Crippen LogP) is 2.43. The molecular formula is C18H38N4O. The first-order valence-corrected chi connectivity index (χ1v) is 9.28. The lowest BCUT2D eigenvalue weighted by atomic mass is 10.1. The molecule has 0 aromatic rings. The Morgan fingerprint density at radius 1 is 1.30 bits per heavy atom. The smallest absolute Gasteiger partial charge is 0.193 e. The van der Waals surface area contributed by atoms with Crippen molar-refractivity contribution in [2.24, 2.45) is 10.9 Å². The van der Waals surface area contributed by atoms with Crippen LogP contribution >= 0.6 is 0 Å². The molecule has 1 N–H and O–H groups in total. The second kappa shape index (κ2) is 10.9. The molecule has 0 spiro atoms. The molecule has 1 atom stereocenters. The molecule has 1 saturated heterocycles. The van der Waals surface area contributed by atoms with E-state index in [1.807, 2.05) is 7.05 Å². The van der Waals surface area contributed by atoms with Crippen LogP contribution in [0.3, 0.4) is 0 Å². The van der Waals surface area contributed by atoms with Crippen molar-refractivity contribution in [2.75, 3.05) is 46.4 Å². The predicted molar refractivity (Wildman–Crippen MR) is 99.1 cm³/mol. The van der Waals surface area contributed by atoms with Crippen LogP contribution in [-0.2, 0) is 4.74 Å². The van der Waals surface area contributed by atoms with Gasteiger partial charge < -0.3 is 15.0 Å². The first-order chi connectivity index (χ1) is 11.0. The van der Waals surface area contributed by atoms with E-state index in [0.29, 0.717) is 18.0 Å². The summed E-state index contributed by atoms with van der Waals surface area (Å²) in [6.45, 7) is 17.1. The van der Waals surface area contributed by atoms with Crippen molar-refractivity contribution in [3.05, 3.63) is 0 Å². The highest BCUT2D eigenvalue weighted by atomic mass is 16.5. The zero-order valence-corrected chi connectivity index (χ0v) is 16.1. The fourth-order valence-electron chi connectivity index (χ4n) is 3.35. The third-order valence-electron chi connectivity index (χ3n) is 4.56. The van der Waals surface area contributed by atoms with Gasteiger partial charge in [-0.2, -0.15) is 0 Å². The molecule has 1 unspecified atom stereocenters. The molecule has 23 heavy (non-hydrogen) atoms. The van der Waals surface area contributed by atoms with Crippen LogP contribution in [0.15, 0.2) is 4.99 Å². The molecule has 0 bridgehead atoms. The summed E-state index contributed by atoms with van der Waals surface area (Å²) in [6, 6.07) is 1.21. The van der Waals surface area contributed by atoms with Crippen LogP contribution in [0, 0.1) is 5.92 Å². The second-order valence-electron chi connectivity index (χ2n) is 7.01. The van der Waals surface area contributed by atoms with Gasteiger partial charge in [-0.3, -0.25) is 9.89 Å². The molecule has 1 heterocycles. The minimum atomic E-state index is 0.604. The average molecular weight is 327 g/mol. The fourth-order valence-corrected chi connectivity index (χ4v) is 3.35. The van der Waals surface area contributed by atoms with Gasteiger partial charge >= 0.3 is 0 Å². The van der Waals surface area contributed by atoms with Gasteiger partial charge in [0.2, 0.25) is 0 Å². The molecule has 136 valence electrons. The Morgan fingerprint density at radius 2 is 2.00 bits per heavy atom. The number of rotatable bonds is 9. The van der Waals surface area contributed by atoms with E-state index in [1.165, 1.54) is 6.42 Å². The van der Waals surface area contributed by atoms with E-state index in [2.05, 4.69) is 54.7 Å². The molecule has 5 heteroatoms. The van der Waals surface area contributed by atoms with Gasteiger partial charge in [0, 0.05) is 57.8 Å². The van der Waals surface area contributed by atoms with E-state index in [1.54, 1.807) is 0 Å². The van der Waals surface area contributed by atoms with E-state index in [4.69, 9.17) is 4.74 Å². The largest absolute Gasteiger partial charge is 0.381 e. The van der Waals surface area contributed by atoms with Crippen LogP contribution in [0.1, 0.15) is 47.5 Å². The minimum Gasteiger partial charge on any atom is -0.381 e. The SMILES string of the molecule is CCOCC1CCN(C(=NC)NCCCN(C(C)C)C(C)C)C1. The van der Waals surface area contributed by atoms with Gasteiger partial charge in [-0.05, 0) is 47.5 Å². The Labute approximate surface area is 143 Å². The van der Waals surface area contributed by atoms with Gasteiger partial charge in [0.05, 0.1) is 6.61 Å². The maximum atomic E-state index is 5.56. The summed E-state index contributed by atoms with van der Waals surface area (Å²) in [5, 5.41) is 3.53. The Balaban J connectivity index is 2.30. The maximum absolute atomic E-state index is 5.56. The number of aliphatic imine (C=N–C) groups is 1. The fraction of sp³-hybridized carbons (Fsp3) is 0.944. The van der Waals surface area contributed by atoms with Crippen molar-refractivity contribution in [3.8, 4) is 0 Å². The van der Waals surface area contributed by atoms with E-state index in [9.17, 15) is 0 Å². The summed E-state index contributed by atoms with van der Waals surface area (Å²) >= 11 is 0. The summed E-state index contributed by atoms with van der Waals surface area (Å²) in [7, 11) is 1.88. The minimum absolute atomic E-state index is 0.604. The van der Waals surface area contributed by atoms with E-state index >= 15 is 0 Å². The van der Waals surface area contributed by atoms with Gasteiger partial charge in [-0.1, -0.05) is 0 Å². The lowest BCUT2D eigenvalue weighted by Crippen LogP contribution is -2.42. The van der Waals surface area contributed by atoms with Crippen molar-refractivity contribution < 1.29 is 4.74 Å². The van der Waals surface area contributed by atoms with Crippen molar-refractivity contribution in [3.63, 3.8) is 0 Å². The van der Waals surface area contributed by atoms with E-state index < -0.39 is 0 Å². The number of ether oxygens (including phenoxy) is 1. The zero-order valence-electron chi connectivity index (χ0n) is 16.1. The molecule has 1 fully saturated rings. The Morgan fingerprint density at radius 3 is 2.57 bits per heavy atom. The lowest BCUT2D eigenvalue weighted by Gasteiger charge is -2.30. The number of hydrogen-bond acceptors (Lipinski definition) is 3. The third kappa shape index (κ3) is 7.08. The maximum Gasteiger partial charge on any atom is 0.193 e. The van der Waals surface area contributed by atoms with Crippen LogP contribution in [0.2, 0.25) is 0 Å². The van der Waals surface area contributed by atoms with Crippen molar-refractivity contribution >= 4 is 5.96 Å². The van der Waals surface area contributed by atoms with Gasteiger partial charge in [0.1, 0.15) is 0 Å². The molecule has 0 radical (unpaired) electrons. The Kier molecular flexibility index (Phi) is 9.56. The molecule has 1 rings (SSSR count). The topological polar surface area (TPSA) is 40.1 Å². The molecule has 0 saturated carbocycles. The summed E-state index contributed by atoms with van der Waals surface area (Å²) in [4.78, 5) is 9.36. The van der Waals surface area contributed by atoms with Crippen LogP contribution < -0.4 is 5.32 Å². The van der Waals surface area contributed by atoms with Gasteiger partial charge in [0.15, 0.2) is 5.96 Å². The van der Waals surface area contributed by atoms with Crippen molar-refractivity contribution in [1.29, 1.82) is 0 Å². The van der Waals surface area contributed by atoms with Gasteiger partial charge in [-0.25, -0.2) is 0 Å². The monoisotopic (exact) mass is 326 g/mol. The molecule has 0 aliphatic carbocycles. The van der Waals surface area contributed by atoms with Crippen LogP contribution in [0.25, 0.3) is 0 Å². The third-order valence-corrected chi connectivity index (χ3v) is 4.56. The zero-order chi connectivity index (χ0) is 17.2. The molecule has 0 amide bonds. The van der Waals surface area contributed by atoms with Crippen molar-refractivity contribution in [2.45, 2.75) is 59.5 Å². The van der Waals surface area contributed by atoms with Gasteiger partial charge in [-0.15, -0.1) is 0 Å². The summed E-state index contributed by atoms with van der Waals surface area (Å²) in [5.41, 5.74) is 0. The summed E-state index contributed by atoms with van der Waals surface area (Å²) in [5.74, 6) is 1.69. The standard InChI is InChI=1S/C18H38N4O/c1-7-23-14-17-9-12-21(13-17)18(19-6)20-10-8-11-22(15(2)3)16(4)5/h15-17H,7-14H2,1-6H3,(H,19,20). The molecule has 0 aromatic heterocycles. The first-order valence-electron chi connectivity index (χ1n) is 9.28. The average Bonchev–Trinajstić information content (AvgIpc) is 2.96. The normalized spacial score (nSPS) is 19.4. The second-order valence-corrected chi connectivity index (χ2v) is 7.01. The Bertz CT molecular complexity index is 336. The quantitative estimate of drug-likeness (QED) is 0.401. The number of nitrogens with one attached hydrogen (secondary N) is 1. The van der Waals surface area contributed by atoms with Crippen molar-refractivity contribution in [1.82, 2.24) is 15.1 Å². The molecule has 1 aliphatic rings. The number of hydrogen-bond donors (Lipinski definition) is 1. The number of guanidine groups is 1. The summed E-state index contributed by atoms with van der Waals surface area (Å²) in [6.07, 6.45) is 2.35. The first kappa shape index (κ1) is 20.2. The highest BCUT2D eigenvalue weighted by molar-refractivity contribution is 5.80. The number of nitrogens with zero attached hydrogens (tertiary/aromatic N) is 3. The van der Waals surface area contributed by atoms with Crippen LogP contribution in [0.5, 0.6) is 0 Å². The molecular weight excluding hydrogens is 288 g/mol. The highest BCUT2D eigenvalue weighted by Crippen LogP contribution is 2.16. The van der Waals surface area contributed by atoms with Gasteiger partial charge in [0.25, 0.3) is 0 Å². The molecule has 5 nitrogen and oxygen atoms in total. The van der Waals surface area contributed by atoms with E-state index in [-0.39, 0.29) is 0 Å². The highest BCUT2D eigenvalue weighted by Gasteiger charge is 2.24. The van der Waals surface area contributed by atoms with E-state index in [0.717, 1.165) is 51.8 Å². The number of likely N-dealkylation sites (tertiary alicyclic amines) is 1. The Hall–Kier alpha value is -0.810. The molecule has 0 aromatic carbocycles. The lowest BCUT2D eigenvalue weighted by molar-refractivity contribution is 0.114.